The van der Waals surface area contributed by atoms with Crippen molar-refractivity contribution in [3.8, 4) is 0 Å². The number of sulfone groups is 1. The van der Waals surface area contributed by atoms with E-state index >= 15 is 0 Å². The predicted molar refractivity (Wildman–Crippen MR) is 124 cm³/mol. The SMILES string of the molecule is C[C@H](Nc1nc2c(S(=O)(=O)c3ccc(Cl)cc3)nnn2c2ccccc12)c1ccccc1. The molecule has 0 saturated carbocycles. The Morgan fingerprint density at radius 2 is 1.62 bits per heavy atom. The topological polar surface area (TPSA) is 89.2 Å². The largest absolute Gasteiger partial charge is 0.363 e. The maximum Gasteiger partial charge on any atom is 0.229 e. The quantitative estimate of drug-likeness (QED) is 0.397. The summed E-state index contributed by atoms with van der Waals surface area (Å²) < 4.78 is 28.0. The maximum absolute atomic E-state index is 13.3. The van der Waals surface area contributed by atoms with E-state index < -0.39 is 9.84 Å². The van der Waals surface area contributed by atoms with Crippen LogP contribution in [-0.4, -0.2) is 28.2 Å². The molecule has 5 aromatic rings. The van der Waals surface area contributed by atoms with E-state index in [1.54, 1.807) is 0 Å². The first-order valence-corrected chi connectivity index (χ1v) is 11.8. The molecule has 3 aromatic carbocycles. The van der Waals surface area contributed by atoms with Crippen LogP contribution in [0.25, 0.3) is 16.6 Å². The van der Waals surface area contributed by atoms with Crippen molar-refractivity contribution in [2.75, 3.05) is 5.32 Å². The van der Waals surface area contributed by atoms with E-state index in [2.05, 4.69) is 20.6 Å². The van der Waals surface area contributed by atoms with E-state index in [1.807, 2.05) is 61.5 Å². The van der Waals surface area contributed by atoms with Crippen LogP contribution < -0.4 is 5.32 Å². The lowest BCUT2D eigenvalue weighted by molar-refractivity contribution is 0.592. The third-order valence-electron chi connectivity index (χ3n) is 5.25. The van der Waals surface area contributed by atoms with Crippen LogP contribution in [0.3, 0.4) is 0 Å². The number of nitrogens with zero attached hydrogens (tertiary/aromatic N) is 4. The van der Waals surface area contributed by atoms with Crippen LogP contribution in [0, 0.1) is 0 Å². The van der Waals surface area contributed by atoms with E-state index in [1.165, 1.54) is 28.8 Å². The van der Waals surface area contributed by atoms with Gasteiger partial charge in [0.2, 0.25) is 14.9 Å². The number of hydrogen-bond donors (Lipinski definition) is 1. The maximum atomic E-state index is 13.3. The van der Waals surface area contributed by atoms with E-state index in [-0.39, 0.29) is 21.6 Å². The average Bonchev–Trinajstić information content (AvgIpc) is 3.25. The summed E-state index contributed by atoms with van der Waals surface area (Å²) in [6.07, 6.45) is 0. The van der Waals surface area contributed by atoms with E-state index in [4.69, 9.17) is 11.6 Å². The third kappa shape index (κ3) is 3.47. The first-order valence-electron chi connectivity index (χ1n) is 9.91. The van der Waals surface area contributed by atoms with Crippen LogP contribution in [0.2, 0.25) is 5.02 Å². The smallest absolute Gasteiger partial charge is 0.229 e. The summed E-state index contributed by atoms with van der Waals surface area (Å²) in [6, 6.07) is 23.4. The highest BCUT2D eigenvalue weighted by molar-refractivity contribution is 7.91. The second kappa shape index (κ2) is 7.89. The van der Waals surface area contributed by atoms with Crippen molar-refractivity contribution in [3.05, 3.63) is 89.4 Å². The van der Waals surface area contributed by atoms with Crippen LogP contribution in [0.5, 0.6) is 0 Å². The summed E-state index contributed by atoms with van der Waals surface area (Å²) in [4.78, 5) is 4.74. The Kier molecular flexibility index (Phi) is 5.03. The summed E-state index contributed by atoms with van der Waals surface area (Å²) >= 11 is 5.92. The molecule has 0 aliphatic heterocycles. The first kappa shape index (κ1) is 20.4. The van der Waals surface area contributed by atoms with E-state index in [0.29, 0.717) is 16.4 Å². The highest BCUT2D eigenvalue weighted by atomic mass is 35.5. The molecule has 0 unspecified atom stereocenters. The van der Waals surface area contributed by atoms with Gasteiger partial charge in [-0.2, -0.15) is 4.52 Å². The summed E-state index contributed by atoms with van der Waals surface area (Å²) in [7, 11) is -3.95. The zero-order valence-corrected chi connectivity index (χ0v) is 18.5. The Labute approximate surface area is 189 Å². The van der Waals surface area contributed by atoms with Crippen LogP contribution >= 0.6 is 11.6 Å². The fourth-order valence-corrected chi connectivity index (χ4v) is 4.94. The summed E-state index contributed by atoms with van der Waals surface area (Å²) in [5, 5.41) is 12.6. The molecule has 0 amide bonds. The molecule has 5 rings (SSSR count). The average molecular weight is 464 g/mol. The molecule has 2 aromatic heterocycles. The molecule has 0 saturated heterocycles. The number of nitrogens with one attached hydrogen (secondary N) is 1. The van der Waals surface area contributed by atoms with Crippen LogP contribution in [-0.2, 0) is 9.84 Å². The summed E-state index contributed by atoms with van der Waals surface area (Å²) in [5.41, 5.74) is 1.94. The molecule has 1 N–H and O–H groups in total. The van der Waals surface area contributed by atoms with Crippen molar-refractivity contribution in [2.45, 2.75) is 22.9 Å². The van der Waals surface area contributed by atoms with Gasteiger partial charge in [-0.3, -0.25) is 0 Å². The summed E-state index contributed by atoms with van der Waals surface area (Å²) in [5.74, 6) is 0.555. The van der Waals surface area contributed by atoms with E-state index in [9.17, 15) is 8.42 Å². The zero-order chi connectivity index (χ0) is 22.3. The van der Waals surface area contributed by atoms with Crippen molar-refractivity contribution in [1.29, 1.82) is 0 Å². The van der Waals surface area contributed by atoms with Crippen LogP contribution in [0.1, 0.15) is 18.5 Å². The number of hydrogen-bond acceptors (Lipinski definition) is 6. The van der Waals surface area contributed by atoms with Gasteiger partial charge in [-0.15, -0.1) is 5.10 Å². The van der Waals surface area contributed by atoms with Gasteiger partial charge in [0.15, 0.2) is 5.65 Å². The molecule has 160 valence electrons. The van der Waals surface area contributed by atoms with Crippen molar-refractivity contribution in [2.24, 2.45) is 0 Å². The molecule has 32 heavy (non-hydrogen) atoms. The molecule has 9 heteroatoms. The molecule has 0 aliphatic carbocycles. The second-order valence-electron chi connectivity index (χ2n) is 7.34. The number of halogens is 1. The number of aromatic nitrogens is 4. The van der Waals surface area contributed by atoms with E-state index in [0.717, 1.165) is 10.9 Å². The molecule has 0 aliphatic rings. The molecular formula is C23H18ClN5O2S. The van der Waals surface area contributed by atoms with Gasteiger partial charge >= 0.3 is 0 Å². The fraction of sp³-hybridized carbons (Fsp3) is 0.0870. The number of para-hydroxylation sites is 1. The van der Waals surface area contributed by atoms with Crippen LogP contribution in [0.15, 0.2) is 88.8 Å². The van der Waals surface area contributed by atoms with Gasteiger partial charge in [-0.25, -0.2) is 13.4 Å². The van der Waals surface area contributed by atoms with Gasteiger partial charge in [-0.1, -0.05) is 59.3 Å². The fourth-order valence-electron chi connectivity index (χ4n) is 3.58. The minimum Gasteiger partial charge on any atom is -0.363 e. The van der Waals surface area contributed by atoms with Crippen molar-refractivity contribution >= 4 is 43.8 Å². The predicted octanol–water partition coefficient (Wildman–Crippen LogP) is 4.94. The minimum atomic E-state index is -3.95. The Hall–Kier alpha value is -3.49. The molecule has 1 atom stereocenters. The molecule has 2 heterocycles. The van der Waals surface area contributed by atoms with Gasteiger partial charge in [0.1, 0.15) is 5.82 Å². The highest BCUT2D eigenvalue weighted by Crippen LogP contribution is 2.30. The standard InChI is InChI=1S/C23H18ClN5O2S/c1-15(16-7-3-2-4-8-16)25-21-19-9-5-6-10-20(19)29-22(26-21)23(27-28-29)32(30,31)18-13-11-17(24)12-14-18/h2-15H,1H3,(H,25,26)/t15-/m0/s1. The van der Waals surface area contributed by atoms with Crippen molar-refractivity contribution < 1.29 is 8.42 Å². The number of anilines is 1. The lowest BCUT2D eigenvalue weighted by Gasteiger charge is -2.17. The molecular weight excluding hydrogens is 446 g/mol. The zero-order valence-electron chi connectivity index (χ0n) is 17.0. The monoisotopic (exact) mass is 463 g/mol. The lowest BCUT2D eigenvalue weighted by Crippen LogP contribution is -2.10. The van der Waals surface area contributed by atoms with Gasteiger partial charge in [-0.05, 0) is 48.9 Å². The van der Waals surface area contributed by atoms with Gasteiger partial charge in [0.05, 0.1) is 10.4 Å². The minimum absolute atomic E-state index is 0.0539. The second-order valence-corrected chi connectivity index (χ2v) is 9.64. The lowest BCUT2D eigenvalue weighted by atomic mass is 10.1. The van der Waals surface area contributed by atoms with Crippen LogP contribution in [0.4, 0.5) is 5.82 Å². The third-order valence-corrected chi connectivity index (χ3v) is 7.17. The number of rotatable bonds is 5. The Morgan fingerprint density at radius 1 is 0.938 bits per heavy atom. The molecule has 0 radical (unpaired) electrons. The van der Waals surface area contributed by atoms with Gasteiger partial charge in [0, 0.05) is 16.5 Å². The molecule has 0 spiro atoms. The number of benzene rings is 3. The normalized spacial score (nSPS) is 12.8. The Bertz CT molecular complexity index is 1530. The van der Waals surface area contributed by atoms with Crippen molar-refractivity contribution in [1.82, 2.24) is 19.8 Å². The highest BCUT2D eigenvalue weighted by Gasteiger charge is 2.27. The summed E-state index contributed by atoms with van der Waals surface area (Å²) in [6.45, 7) is 2.02. The molecule has 7 nitrogen and oxygen atoms in total. The van der Waals surface area contributed by atoms with Gasteiger partial charge in [0.25, 0.3) is 0 Å². The molecule has 0 bridgehead atoms. The Morgan fingerprint density at radius 3 is 2.38 bits per heavy atom. The van der Waals surface area contributed by atoms with Gasteiger partial charge < -0.3 is 5.32 Å². The first-order chi connectivity index (χ1) is 15.4. The Balaban J connectivity index is 1.69. The van der Waals surface area contributed by atoms with Crippen molar-refractivity contribution in [3.63, 3.8) is 0 Å². The number of fused-ring (bicyclic) bond motifs is 3. The molecule has 0 fully saturated rings.